The summed E-state index contributed by atoms with van der Waals surface area (Å²) in [6, 6.07) is 3.53. The molecule has 10 heavy (non-hydrogen) atoms. The van der Waals surface area contributed by atoms with Crippen LogP contribution in [0.15, 0.2) is 24.5 Å². The van der Waals surface area contributed by atoms with E-state index in [1.807, 2.05) is 0 Å². The van der Waals surface area contributed by atoms with Gasteiger partial charge in [-0.15, -0.1) is 0 Å². The van der Waals surface area contributed by atoms with E-state index in [2.05, 4.69) is 0 Å². The molecule has 1 aromatic heterocycles. The molecule has 4 nitrogen and oxygen atoms in total. The summed E-state index contributed by atoms with van der Waals surface area (Å²) in [5.74, 6) is 0. The standard InChI is InChI=1S/C6H8N2O2/c1-7(6(9)10)8-4-2-3-5-8/h2-5H,1H3,(H,9,10). The number of carboxylic acid groups (broad SMARTS) is 1. The van der Waals surface area contributed by atoms with Gasteiger partial charge in [0.1, 0.15) is 0 Å². The highest BCUT2D eigenvalue weighted by atomic mass is 16.4. The number of carbonyl (C=O) groups is 1. The van der Waals surface area contributed by atoms with Crippen molar-refractivity contribution in [3.05, 3.63) is 24.5 Å². The normalized spacial score (nSPS) is 9.30. The third-order valence-corrected chi connectivity index (χ3v) is 1.21. The minimum atomic E-state index is -0.976. The third kappa shape index (κ3) is 1.10. The van der Waals surface area contributed by atoms with E-state index in [-0.39, 0.29) is 0 Å². The molecule has 0 aliphatic carbocycles. The molecule has 0 unspecified atom stereocenters. The number of hydrogen-bond acceptors (Lipinski definition) is 1. The van der Waals surface area contributed by atoms with E-state index in [9.17, 15) is 4.79 Å². The first-order chi connectivity index (χ1) is 4.72. The van der Waals surface area contributed by atoms with E-state index in [4.69, 9.17) is 5.11 Å². The van der Waals surface area contributed by atoms with Crippen molar-refractivity contribution in [2.75, 3.05) is 12.1 Å². The zero-order valence-electron chi connectivity index (χ0n) is 5.56. The summed E-state index contributed by atoms with van der Waals surface area (Å²) >= 11 is 0. The van der Waals surface area contributed by atoms with Crippen molar-refractivity contribution >= 4 is 6.09 Å². The Morgan fingerprint density at radius 1 is 1.50 bits per heavy atom. The second kappa shape index (κ2) is 2.43. The summed E-state index contributed by atoms with van der Waals surface area (Å²) in [7, 11) is 1.47. The van der Waals surface area contributed by atoms with Crippen LogP contribution in [-0.4, -0.2) is 22.9 Å². The molecule has 0 aliphatic rings. The third-order valence-electron chi connectivity index (χ3n) is 1.21. The topological polar surface area (TPSA) is 45.5 Å². The lowest BCUT2D eigenvalue weighted by molar-refractivity contribution is 0.197. The zero-order valence-corrected chi connectivity index (χ0v) is 5.56. The van der Waals surface area contributed by atoms with E-state index in [0.717, 1.165) is 5.01 Å². The number of rotatable bonds is 1. The molecular formula is C6H8N2O2. The first kappa shape index (κ1) is 6.67. The molecule has 0 atom stereocenters. The molecule has 1 N–H and O–H groups in total. The van der Waals surface area contributed by atoms with Gasteiger partial charge in [-0.3, -0.25) is 4.68 Å². The molecule has 1 amide bonds. The molecule has 4 heteroatoms. The van der Waals surface area contributed by atoms with Gasteiger partial charge in [-0.2, -0.15) is 0 Å². The Morgan fingerprint density at radius 2 is 2.00 bits per heavy atom. The minimum absolute atomic E-state index is 0.976. The minimum Gasteiger partial charge on any atom is -0.464 e. The molecular weight excluding hydrogens is 132 g/mol. The van der Waals surface area contributed by atoms with E-state index < -0.39 is 6.09 Å². The highest BCUT2D eigenvalue weighted by Crippen LogP contribution is 1.90. The number of hydrogen-bond donors (Lipinski definition) is 1. The van der Waals surface area contributed by atoms with Gasteiger partial charge < -0.3 is 5.11 Å². The summed E-state index contributed by atoms with van der Waals surface area (Å²) in [6.07, 6.45) is 2.35. The van der Waals surface area contributed by atoms with Crippen LogP contribution >= 0.6 is 0 Å². The molecule has 0 spiro atoms. The van der Waals surface area contributed by atoms with Crippen LogP contribution in [-0.2, 0) is 0 Å². The average Bonchev–Trinajstić information content (AvgIpc) is 2.36. The van der Waals surface area contributed by atoms with Crippen molar-refractivity contribution < 1.29 is 9.90 Å². The Labute approximate surface area is 58.3 Å². The maximum Gasteiger partial charge on any atom is 0.426 e. The van der Waals surface area contributed by atoms with Crippen LogP contribution in [0.3, 0.4) is 0 Å². The Bertz CT molecular complexity index is 218. The SMILES string of the molecule is CN(C(=O)O)n1cccc1. The van der Waals surface area contributed by atoms with Crippen molar-refractivity contribution in [3.8, 4) is 0 Å². The summed E-state index contributed by atoms with van der Waals surface area (Å²) in [6.45, 7) is 0. The monoisotopic (exact) mass is 140 g/mol. The molecule has 54 valence electrons. The van der Waals surface area contributed by atoms with Gasteiger partial charge in [0.2, 0.25) is 0 Å². The molecule has 1 aromatic rings. The zero-order chi connectivity index (χ0) is 7.56. The highest BCUT2D eigenvalue weighted by Gasteiger charge is 2.03. The van der Waals surface area contributed by atoms with Gasteiger partial charge in [-0.1, -0.05) is 0 Å². The molecule has 0 saturated heterocycles. The number of aromatic nitrogens is 1. The Hall–Kier alpha value is -1.45. The summed E-state index contributed by atoms with van der Waals surface area (Å²) in [5, 5.41) is 9.54. The van der Waals surface area contributed by atoms with Crippen LogP contribution in [0.1, 0.15) is 0 Å². The van der Waals surface area contributed by atoms with Crippen molar-refractivity contribution in [2.45, 2.75) is 0 Å². The van der Waals surface area contributed by atoms with Crippen molar-refractivity contribution in [2.24, 2.45) is 0 Å². The maximum atomic E-state index is 10.3. The number of nitrogens with zero attached hydrogens (tertiary/aromatic N) is 2. The van der Waals surface area contributed by atoms with Crippen LogP contribution in [0.4, 0.5) is 4.79 Å². The van der Waals surface area contributed by atoms with Crippen LogP contribution in [0, 0.1) is 0 Å². The van der Waals surface area contributed by atoms with Crippen molar-refractivity contribution in [3.63, 3.8) is 0 Å². The quantitative estimate of drug-likeness (QED) is 0.625. The average molecular weight is 140 g/mol. The first-order valence-electron chi connectivity index (χ1n) is 2.81. The van der Waals surface area contributed by atoms with Crippen LogP contribution in [0.2, 0.25) is 0 Å². The molecule has 1 heterocycles. The second-order valence-electron chi connectivity index (χ2n) is 1.87. The Morgan fingerprint density at radius 3 is 2.40 bits per heavy atom. The van der Waals surface area contributed by atoms with Gasteiger partial charge in [-0.05, 0) is 12.1 Å². The lowest BCUT2D eigenvalue weighted by Crippen LogP contribution is -2.33. The van der Waals surface area contributed by atoms with E-state index in [0.29, 0.717) is 0 Å². The molecule has 0 bridgehead atoms. The highest BCUT2D eigenvalue weighted by molar-refractivity contribution is 5.75. The van der Waals surface area contributed by atoms with Gasteiger partial charge in [-0.25, -0.2) is 9.80 Å². The largest absolute Gasteiger partial charge is 0.464 e. The molecule has 0 aromatic carbocycles. The molecule has 0 saturated carbocycles. The summed E-state index contributed by atoms with van der Waals surface area (Å²) in [4.78, 5) is 10.3. The summed E-state index contributed by atoms with van der Waals surface area (Å²) in [5.41, 5.74) is 0. The second-order valence-corrected chi connectivity index (χ2v) is 1.87. The van der Waals surface area contributed by atoms with Gasteiger partial charge >= 0.3 is 6.09 Å². The smallest absolute Gasteiger partial charge is 0.426 e. The van der Waals surface area contributed by atoms with Gasteiger partial charge in [0, 0.05) is 19.4 Å². The Balaban J connectivity index is 2.77. The number of amides is 1. The van der Waals surface area contributed by atoms with Gasteiger partial charge in [0.25, 0.3) is 0 Å². The molecule has 1 rings (SSSR count). The molecule has 0 fully saturated rings. The van der Waals surface area contributed by atoms with Gasteiger partial charge in [0.05, 0.1) is 0 Å². The van der Waals surface area contributed by atoms with Crippen LogP contribution in [0.5, 0.6) is 0 Å². The fraction of sp³-hybridized carbons (Fsp3) is 0.167. The van der Waals surface area contributed by atoms with Crippen molar-refractivity contribution in [1.29, 1.82) is 0 Å². The summed E-state index contributed by atoms with van der Waals surface area (Å²) < 4.78 is 1.47. The Kier molecular flexibility index (Phi) is 1.62. The van der Waals surface area contributed by atoms with E-state index >= 15 is 0 Å². The molecule has 0 radical (unpaired) electrons. The predicted octanol–water partition coefficient (Wildman–Crippen LogP) is 0.734. The molecule has 0 aliphatic heterocycles. The fourth-order valence-electron chi connectivity index (χ4n) is 0.624. The first-order valence-corrected chi connectivity index (χ1v) is 2.81. The fourth-order valence-corrected chi connectivity index (χ4v) is 0.624. The van der Waals surface area contributed by atoms with Crippen LogP contribution in [0.25, 0.3) is 0 Å². The van der Waals surface area contributed by atoms with Crippen molar-refractivity contribution in [1.82, 2.24) is 4.68 Å². The lowest BCUT2D eigenvalue weighted by atomic mass is 10.7. The van der Waals surface area contributed by atoms with Crippen LogP contribution < -0.4 is 5.01 Å². The predicted molar refractivity (Wildman–Crippen MR) is 36.6 cm³/mol. The van der Waals surface area contributed by atoms with E-state index in [1.165, 1.54) is 11.7 Å². The lowest BCUT2D eigenvalue weighted by Gasteiger charge is -2.13. The van der Waals surface area contributed by atoms with E-state index in [1.54, 1.807) is 24.5 Å². The van der Waals surface area contributed by atoms with Gasteiger partial charge in [0.15, 0.2) is 0 Å². The maximum absolute atomic E-state index is 10.3.